The van der Waals surface area contributed by atoms with Gasteiger partial charge in [0.2, 0.25) is 5.88 Å². The highest BCUT2D eigenvalue weighted by Crippen LogP contribution is 2.29. The van der Waals surface area contributed by atoms with Gasteiger partial charge in [-0.15, -0.1) is 11.3 Å². The molecule has 2 heterocycles. The topological polar surface area (TPSA) is 35.0 Å². The number of thiophene rings is 1. The zero-order valence-electron chi connectivity index (χ0n) is 7.57. The van der Waals surface area contributed by atoms with Crippen LogP contribution in [0, 0.1) is 6.92 Å². The molecule has 0 saturated carbocycles. The Labute approximate surface area is 80.4 Å². The third-order valence-corrected chi connectivity index (χ3v) is 2.80. The molecule has 0 unspecified atom stereocenters. The molecule has 2 rings (SSSR count). The van der Waals surface area contributed by atoms with E-state index < -0.39 is 0 Å². The summed E-state index contributed by atoms with van der Waals surface area (Å²) in [5.74, 6) is 0.700. The molecule has 0 N–H and O–H groups in total. The van der Waals surface area contributed by atoms with Crippen molar-refractivity contribution in [2.45, 2.75) is 13.8 Å². The van der Waals surface area contributed by atoms with E-state index in [4.69, 9.17) is 4.74 Å². The van der Waals surface area contributed by atoms with Crippen LogP contribution < -0.4 is 4.74 Å². The van der Waals surface area contributed by atoms with Crippen LogP contribution in [0.4, 0.5) is 0 Å². The van der Waals surface area contributed by atoms with Gasteiger partial charge < -0.3 is 4.74 Å². The number of hydrogen-bond donors (Lipinski definition) is 0. The largest absolute Gasteiger partial charge is 0.477 e. The van der Waals surface area contributed by atoms with Gasteiger partial charge in [-0.05, 0) is 24.8 Å². The summed E-state index contributed by atoms with van der Waals surface area (Å²) in [5.41, 5.74) is 1.18. The van der Waals surface area contributed by atoms with E-state index in [2.05, 4.69) is 15.3 Å². The lowest BCUT2D eigenvalue weighted by Crippen LogP contribution is -1.95. The van der Waals surface area contributed by atoms with Gasteiger partial charge in [-0.3, -0.25) is 0 Å². The molecule has 0 fully saturated rings. The maximum atomic E-state index is 5.41. The molecule has 0 atom stereocenters. The van der Waals surface area contributed by atoms with E-state index in [1.165, 1.54) is 5.56 Å². The van der Waals surface area contributed by atoms with Gasteiger partial charge in [0.25, 0.3) is 0 Å². The van der Waals surface area contributed by atoms with E-state index in [0.29, 0.717) is 12.5 Å². The highest BCUT2D eigenvalue weighted by Gasteiger charge is 2.08. The summed E-state index contributed by atoms with van der Waals surface area (Å²) in [6, 6.07) is 0. The number of nitrogens with zero attached hydrogens (tertiary/aromatic N) is 2. The Bertz CT molecular complexity index is 424. The minimum atomic E-state index is 0.640. The molecule has 0 amide bonds. The molecule has 13 heavy (non-hydrogen) atoms. The zero-order chi connectivity index (χ0) is 9.26. The van der Waals surface area contributed by atoms with Crippen LogP contribution in [-0.4, -0.2) is 16.6 Å². The molecule has 3 nitrogen and oxygen atoms in total. The fraction of sp³-hybridized carbons (Fsp3) is 0.333. The average molecular weight is 194 g/mol. The third kappa shape index (κ3) is 1.37. The fourth-order valence-corrected chi connectivity index (χ4v) is 2.11. The van der Waals surface area contributed by atoms with E-state index in [1.54, 1.807) is 17.7 Å². The van der Waals surface area contributed by atoms with E-state index in [1.807, 2.05) is 13.8 Å². The van der Waals surface area contributed by atoms with Crippen molar-refractivity contribution in [2.24, 2.45) is 0 Å². The van der Waals surface area contributed by atoms with Crippen molar-refractivity contribution in [3.63, 3.8) is 0 Å². The predicted molar refractivity (Wildman–Crippen MR) is 53.3 cm³/mol. The number of hydrogen-bond acceptors (Lipinski definition) is 4. The minimum Gasteiger partial charge on any atom is -0.477 e. The van der Waals surface area contributed by atoms with Crippen LogP contribution >= 0.6 is 11.3 Å². The normalized spacial score (nSPS) is 10.6. The first-order valence-corrected chi connectivity index (χ1v) is 5.02. The van der Waals surface area contributed by atoms with Crippen LogP contribution in [-0.2, 0) is 0 Å². The van der Waals surface area contributed by atoms with E-state index >= 15 is 0 Å². The van der Waals surface area contributed by atoms with Crippen LogP contribution in [0.15, 0.2) is 11.7 Å². The Kier molecular flexibility index (Phi) is 2.14. The summed E-state index contributed by atoms with van der Waals surface area (Å²) in [6.07, 6.45) is 1.54. The molecule has 0 bridgehead atoms. The van der Waals surface area contributed by atoms with Gasteiger partial charge in [-0.25, -0.2) is 9.97 Å². The molecule has 2 aromatic rings. The molecule has 0 aliphatic heterocycles. The Morgan fingerprint density at radius 3 is 3.08 bits per heavy atom. The Morgan fingerprint density at radius 1 is 1.46 bits per heavy atom. The van der Waals surface area contributed by atoms with Gasteiger partial charge in [0.15, 0.2) is 0 Å². The second kappa shape index (κ2) is 3.30. The van der Waals surface area contributed by atoms with Gasteiger partial charge >= 0.3 is 0 Å². The molecule has 2 aromatic heterocycles. The van der Waals surface area contributed by atoms with Gasteiger partial charge in [0, 0.05) is 0 Å². The van der Waals surface area contributed by atoms with Gasteiger partial charge in [0.05, 0.1) is 12.0 Å². The first-order valence-electron chi connectivity index (χ1n) is 4.14. The molecule has 0 aliphatic rings. The summed E-state index contributed by atoms with van der Waals surface area (Å²) in [7, 11) is 0. The van der Waals surface area contributed by atoms with E-state index in [0.717, 1.165) is 10.2 Å². The number of aryl methyl sites for hydroxylation is 1. The SMILES string of the molecule is CCOc1ncnc2scc(C)c12. The van der Waals surface area contributed by atoms with Crippen molar-refractivity contribution in [1.29, 1.82) is 0 Å². The third-order valence-electron chi connectivity index (χ3n) is 1.80. The molecule has 68 valence electrons. The van der Waals surface area contributed by atoms with E-state index in [-0.39, 0.29) is 0 Å². The fourth-order valence-electron chi connectivity index (χ4n) is 1.23. The van der Waals surface area contributed by atoms with Crippen LogP contribution in [0.3, 0.4) is 0 Å². The summed E-state index contributed by atoms with van der Waals surface area (Å²) in [4.78, 5) is 9.27. The van der Waals surface area contributed by atoms with Crippen molar-refractivity contribution in [3.05, 3.63) is 17.3 Å². The molecule has 4 heteroatoms. The monoisotopic (exact) mass is 194 g/mol. The first-order chi connectivity index (χ1) is 6.33. The predicted octanol–water partition coefficient (Wildman–Crippen LogP) is 2.40. The Hall–Kier alpha value is -1.16. The van der Waals surface area contributed by atoms with Gasteiger partial charge in [-0.1, -0.05) is 0 Å². The van der Waals surface area contributed by atoms with E-state index in [9.17, 15) is 0 Å². The summed E-state index contributed by atoms with van der Waals surface area (Å²) in [5, 5.41) is 3.12. The van der Waals surface area contributed by atoms with Crippen molar-refractivity contribution < 1.29 is 4.74 Å². The smallest absolute Gasteiger partial charge is 0.225 e. The van der Waals surface area contributed by atoms with Crippen molar-refractivity contribution in [3.8, 4) is 5.88 Å². The lowest BCUT2D eigenvalue weighted by atomic mass is 10.3. The summed E-state index contributed by atoms with van der Waals surface area (Å²) in [6.45, 7) is 4.64. The first kappa shape index (κ1) is 8.44. The van der Waals surface area contributed by atoms with Crippen molar-refractivity contribution in [1.82, 2.24) is 9.97 Å². The number of fused-ring (bicyclic) bond motifs is 1. The summed E-state index contributed by atoms with van der Waals surface area (Å²) < 4.78 is 5.41. The van der Waals surface area contributed by atoms with Gasteiger partial charge in [0.1, 0.15) is 11.2 Å². The number of rotatable bonds is 2. The Morgan fingerprint density at radius 2 is 2.31 bits per heavy atom. The lowest BCUT2D eigenvalue weighted by Gasteiger charge is -2.02. The number of aromatic nitrogens is 2. The molecule has 0 spiro atoms. The van der Waals surface area contributed by atoms with Gasteiger partial charge in [-0.2, -0.15) is 0 Å². The molecule has 0 aliphatic carbocycles. The van der Waals surface area contributed by atoms with Crippen LogP contribution in [0.25, 0.3) is 10.2 Å². The number of ether oxygens (including phenoxy) is 1. The van der Waals surface area contributed by atoms with Crippen molar-refractivity contribution in [2.75, 3.05) is 6.61 Å². The quantitative estimate of drug-likeness (QED) is 0.736. The highest BCUT2D eigenvalue weighted by atomic mass is 32.1. The lowest BCUT2D eigenvalue weighted by molar-refractivity contribution is 0.331. The average Bonchev–Trinajstić information content (AvgIpc) is 2.50. The van der Waals surface area contributed by atoms with Crippen LogP contribution in [0.1, 0.15) is 12.5 Å². The molecular weight excluding hydrogens is 184 g/mol. The standard InChI is InChI=1S/C9H10N2OS/c1-3-12-8-7-6(2)4-13-9(7)11-5-10-8/h4-5H,3H2,1-2H3. The molecule has 0 aromatic carbocycles. The van der Waals surface area contributed by atoms with Crippen LogP contribution in [0.2, 0.25) is 0 Å². The van der Waals surface area contributed by atoms with Crippen LogP contribution in [0.5, 0.6) is 5.88 Å². The molecule has 0 radical (unpaired) electrons. The maximum absolute atomic E-state index is 5.41. The minimum absolute atomic E-state index is 0.640. The molecule has 0 saturated heterocycles. The second-order valence-electron chi connectivity index (χ2n) is 2.71. The summed E-state index contributed by atoms with van der Waals surface area (Å²) >= 11 is 1.62. The Balaban J connectivity index is 2.65. The molecular formula is C9H10N2OS. The zero-order valence-corrected chi connectivity index (χ0v) is 8.39. The highest BCUT2D eigenvalue weighted by molar-refractivity contribution is 7.17. The maximum Gasteiger partial charge on any atom is 0.225 e. The van der Waals surface area contributed by atoms with Crippen molar-refractivity contribution >= 4 is 21.6 Å². The second-order valence-corrected chi connectivity index (χ2v) is 3.57.